The van der Waals surface area contributed by atoms with E-state index >= 15 is 0 Å². The van der Waals surface area contributed by atoms with Gasteiger partial charge in [0.25, 0.3) is 5.91 Å². The zero-order valence-electron chi connectivity index (χ0n) is 16.7. The summed E-state index contributed by atoms with van der Waals surface area (Å²) in [6.07, 6.45) is 0.652. The van der Waals surface area contributed by atoms with Gasteiger partial charge in [0.05, 0.1) is 27.2 Å². The molecular weight excluding hydrogens is 392 g/mol. The summed E-state index contributed by atoms with van der Waals surface area (Å²) in [6.45, 7) is 7.10. The molecule has 152 valence electrons. The van der Waals surface area contributed by atoms with Crippen molar-refractivity contribution in [1.29, 1.82) is 0 Å². The zero-order chi connectivity index (χ0) is 21.3. The number of carbonyl (C=O) groups is 3. The van der Waals surface area contributed by atoms with Crippen LogP contribution in [-0.4, -0.2) is 39.2 Å². The van der Waals surface area contributed by atoms with Crippen molar-refractivity contribution < 1.29 is 24.2 Å². The number of rotatable bonds is 6. The topological polar surface area (TPSA) is 96.8 Å². The Morgan fingerprint density at radius 3 is 2.62 bits per heavy atom. The van der Waals surface area contributed by atoms with Gasteiger partial charge >= 0.3 is 5.97 Å². The van der Waals surface area contributed by atoms with Crippen molar-refractivity contribution in [2.24, 2.45) is 0 Å². The summed E-state index contributed by atoms with van der Waals surface area (Å²) in [5.74, 6) is -1.71. The summed E-state index contributed by atoms with van der Waals surface area (Å²) >= 11 is 1.23. The minimum absolute atomic E-state index is 0.0233. The number of hydrogen-bond donors (Lipinski definition) is 1. The highest BCUT2D eigenvalue weighted by molar-refractivity contribution is 7.14. The van der Waals surface area contributed by atoms with Crippen molar-refractivity contribution >= 4 is 29.0 Å². The number of aryl methyl sites for hydroxylation is 2. The van der Waals surface area contributed by atoms with Gasteiger partial charge in [0.2, 0.25) is 5.78 Å². The summed E-state index contributed by atoms with van der Waals surface area (Å²) in [7, 11) is 0. The van der Waals surface area contributed by atoms with Crippen LogP contribution in [0, 0.1) is 13.8 Å². The normalized spacial score (nSPS) is 16.5. The van der Waals surface area contributed by atoms with E-state index in [-0.39, 0.29) is 5.57 Å². The Bertz CT molecular complexity index is 1020. The molecule has 1 aromatic heterocycles. The van der Waals surface area contributed by atoms with Crippen LogP contribution in [0.5, 0.6) is 5.75 Å². The van der Waals surface area contributed by atoms with Crippen molar-refractivity contribution in [1.82, 2.24) is 9.88 Å². The highest BCUT2D eigenvalue weighted by atomic mass is 32.1. The lowest BCUT2D eigenvalue weighted by Gasteiger charge is -2.26. The van der Waals surface area contributed by atoms with Crippen molar-refractivity contribution in [3.8, 4) is 5.75 Å². The van der Waals surface area contributed by atoms with Crippen LogP contribution in [0.4, 0.5) is 0 Å². The number of benzene rings is 1. The summed E-state index contributed by atoms with van der Waals surface area (Å²) in [5, 5.41) is 11.3. The predicted molar refractivity (Wildman–Crippen MR) is 108 cm³/mol. The van der Waals surface area contributed by atoms with Gasteiger partial charge in [0.1, 0.15) is 5.75 Å². The minimum Gasteiger partial charge on any atom is -0.503 e. The van der Waals surface area contributed by atoms with Crippen LogP contribution in [0.15, 0.2) is 35.6 Å². The van der Waals surface area contributed by atoms with Crippen molar-refractivity contribution in [3.63, 3.8) is 0 Å². The Hall–Kier alpha value is -3.00. The predicted octanol–water partition coefficient (Wildman–Crippen LogP) is 3.67. The number of esters is 1. The first-order chi connectivity index (χ1) is 13.7. The maximum Gasteiger partial charge on any atom is 0.308 e. The first-order valence-electron chi connectivity index (χ1n) is 9.25. The van der Waals surface area contributed by atoms with Crippen LogP contribution < -0.4 is 4.74 Å². The van der Waals surface area contributed by atoms with Crippen molar-refractivity contribution in [2.45, 2.75) is 40.2 Å². The highest BCUT2D eigenvalue weighted by Crippen LogP contribution is 2.40. The van der Waals surface area contributed by atoms with E-state index in [0.717, 1.165) is 5.01 Å². The monoisotopic (exact) mass is 414 g/mol. The average molecular weight is 414 g/mol. The molecule has 1 aliphatic heterocycles. The molecule has 0 fully saturated rings. The summed E-state index contributed by atoms with van der Waals surface area (Å²) in [6, 6.07) is 5.88. The third-order valence-electron chi connectivity index (χ3n) is 4.56. The Labute approximate surface area is 172 Å². The van der Waals surface area contributed by atoms with Gasteiger partial charge in [-0.05, 0) is 38.0 Å². The number of aromatic nitrogens is 1. The average Bonchev–Trinajstić information content (AvgIpc) is 3.12. The maximum atomic E-state index is 13.3. The number of nitrogens with zero attached hydrogens (tertiary/aromatic N) is 2. The molecule has 1 N–H and O–H groups in total. The molecule has 0 saturated carbocycles. The van der Waals surface area contributed by atoms with Crippen LogP contribution in [0.2, 0.25) is 0 Å². The van der Waals surface area contributed by atoms with Crippen LogP contribution in [0.3, 0.4) is 0 Å². The molecule has 2 aromatic rings. The van der Waals surface area contributed by atoms with Crippen LogP contribution in [0.1, 0.15) is 52.2 Å². The molecule has 29 heavy (non-hydrogen) atoms. The van der Waals surface area contributed by atoms with Gasteiger partial charge in [-0.15, -0.1) is 11.3 Å². The molecule has 1 unspecified atom stereocenters. The molecule has 8 heteroatoms. The van der Waals surface area contributed by atoms with Gasteiger partial charge in [-0.3, -0.25) is 14.4 Å². The number of ether oxygens (including phenoxy) is 1. The molecule has 1 aliphatic rings. The van der Waals surface area contributed by atoms with Gasteiger partial charge < -0.3 is 14.7 Å². The number of ketones is 1. The molecule has 0 saturated heterocycles. The third-order valence-corrected chi connectivity index (χ3v) is 5.63. The molecule has 0 bridgehead atoms. The number of carbonyl (C=O) groups excluding carboxylic acids is 3. The second-order valence-electron chi connectivity index (χ2n) is 6.81. The first kappa shape index (κ1) is 20.7. The fraction of sp³-hybridized carbons (Fsp3) is 0.333. The third kappa shape index (κ3) is 3.93. The number of hydrogen-bond acceptors (Lipinski definition) is 7. The van der Waals surface area contributed by atoms with Crippen LogP contribution in [-0.2, 0) is 9.59 Å². The maximum absolute atomic E-state index is 13.3. The molecule has 0 radical (unpaired) electrons. The van der Waals surface area contributed by atoms with Gasteiger partial charge in [-0.2, -0.15) is 0 Å². The zero-order valence-corrected chi connectivity index (χ0v) is 17.5. The molecule has 1 atom stereocenters. The van der Waals surface area contributed by atoms with E-state index in [1.54, 1.807) is 38.1 Å². The highest BCUT2D eigenvalue weighted by Gasteiger charge is 2.44. The number of thiazole rings is 1. The van der Waals surface area contributed by atoms with E-state index in [9.17, 15) is 19.5 Å². The van der Waals surface area contributed by atoms with Gasteiger partial charge in [0.15, 0.2) is 5.76 Å². The van der Waals surface area contributed by atoms with Crippen LogP contribution in [0.25, 0.3) is 0 Å². The molecule has 0 spiro atoms. The molecule has 1 aromatic carbocycles. The molecule has 1 amide bonds. The van der Waals surface area contributed by atoms with Gasteiger partial charge in [0, 0.05) is 13.5 Å². The minimum atomic E-state index is -0.771. The summed E-state index contributed by atoms with van der Waals surface area (Å²) in [5.41, 5.74) is 1.17. The van der Waals surface area contributed by atoms with Gasteiger partial charge in [-0.1, -0.05) is 19.1 Å². The molecular formula is C21H22N2O5S. The first-order valence-corrected chi connectivity index (χ1v) is 10.1. The smallest absolute Gasteiger partial charge is 0.308 e. The number of Topliss-reactive ketones (excluding diaryl/α,β-unsaturated/α-hetero) is 1. The lowest BCUT2D eigenvalue weighted by molar-refractivity contribution is -0.132. The van der Waals surface area contributed by atoms with E-state index in [1.807, 2.05) is 6.92 Å². The standard InChI is InChI=1S/C21H22N2O5S/c1-5-9-23-17(14-7-6-8-15(10-14)28-13(4)24)16(19(26)21(23)27)18(25)20-11(2)22-12(3)29-20/h6-8,10,17,26H,5,9H2,1-4H3. The fourth-order valence-corrected chi connectivity index (χ4v) is 4.36. The molecule has 7 nitrogen and oxygen atoms in total. The largest absolute Gasteiger partial charge is 0.503 e. The summed E-state index contributed by atoms with van der Waals surface area (Å²) < 4.78 is 5.15. The second kappa shape index (κ2) is 8.16. The van der Waals surface area contributed by atoms with E-state index in [0.29, 0.717) is 34.8 Å². The molecule has 2 heterocycles. The van der Waals surface area contributed by atoms with E-state index in [4.69, 9.17) is 4.74 Å². The van der Waals surface area contributed by atoms with E-state index in [2.05, 4.69) is 4.98 Å². The Morgan fingerprint density at radius 2 is 2.03 bits per heavy atom. The van der Waals surface area contributed by atoms with E-state index < -0.39 is 29.5 Å². The second-order valence-corrected chi connectivity index (χ2v) is 8.01. The Balaban J connectivity index is 2.12. The Kier molecular flexibility index (Phi) is 5.83. The number of aliphatic hydroxyl groups is 1. The number of aliphatic hydroxyl groups excluding tert-OH is 1. The lowest BCUT2D eigenvalue weighted by Crippen LogP contribution is -2.31. The SMILES string of the molecule is CCCN1C(=O)C(O)=C(C(=O)c2sc(C)nc2C)C1c1cccc(OC(C)=O)c1. The van der Waals surface area contributed by atoms with E-state index in [1.165, 1.54) is 23.2 Å². The lowest BCUT2D eigenvalue weighted by atomic mass is 9.95. The fourth-order valence-electron chi connectivity index (χ4n) is 3.48. The molecule has 3 rings (SSSR count). The quantitative estimate of drug-likeness (QED) is 0.440. The number of amides is 1. The van der Waals surface area contributed by atoms with Crippen LogP contribution >= 0.6 is 11.3 Å². The van der Waals surface area contributed by atoms with Crippen molar-refractivity contribution in [3.05, 3.63) is 56.7 Å². The Morgan fingerprint density at radius 1 is 1.31 bits per heavy atom. The summed E-state index contributed by atoms with van der Waals surface area (Å²) in [4.78, 5) is 43.5. The van der Waals surface area contributed by atoms with Gasteiger partial charge in [-0.25, -0.2) is 4.98 Å². The van der Waals surface area contributed by atoms with Crippen molar-refractivity contribution in [2.75, 3.05) is 6.54 Å². The molecule has 0 aliphatic carbocycles.